The highest BCUT2D eigenvalue weighted by atomic mass is 35.5. The Morgan fingerprint density at radius 2 is 2.21 bits per heavy atom. The van der Waals surface area contributed by atoms with Gasteiger partial charge in [0.15, 0.2) is 11.7 Å². The number of hydrogen-bond donors (Lipinski definition) is 1. The van der Waals surface area contributed by atoms with Gasteiger partial charge in [0.2, 0.25) is 5.91 Å². The van der Waals surface area contributed by atoms with Gasteiger partial charge in [-0.25, -0.2) is 0 Å². The number of ketones is 1. The molecule has 6 heteroatoms. The molecule has 0 fully saturated rings. The molecule has 0 saturated carbocycles. The Balaban J connectivity index is 2.55. The van der Waals surface area contributed by atoms with Gasteiger partial charge in [0.25, 0.3) is 0 Å². The minimum atomic E-state index is -1.22. The van der Waals surface area contributed by atoms with Crippen LogP contribution in [-0.2, 0) is 16.0 Å². The first-order valence-electron chi connectivity index (χ1n) is 5.89. The lowest BCUT2D eigenvalue weighted by atomic mass is 10.00. The Kier molecular flexibility index (Phi) is 6.00. The molecule has 0 aromatic carbocycles. The second-order valence-corrected chi connectivity index (χ2v) is 5.86. The zero-order valence-corrected chi connectivity index (χ0v) is 12.3. The summed E-state index contributed by atoms with van der Waals surface area (Å²) in [4.78, 5) is 24.5. The van der Waals surface area contributed by atoms with Gasteiger partial charge in [0.05, 0.1) is 11.1 Å². The lowest BCUT2D eigenvalue weighted by molar-refractivity contribution is -0.131. The lowest BCUT2D eigenvalue weighted by Crippen LogP contribution is -2.38. The first-order chi connectivity index (χ1) is 8.93. The Hall–Kier alpha value is -1.38. The van der Waals surface area contributed by atoms with Crippen LogP contribution in [0, 0.1) is 17.2 Å². The second kappa shape index (κ2) is 7.27. The van der Waals surface area contributed by atoms with Crippen molar-refractivity contribution >= 4 is 34.6 Å². The zero-order valence-electron chi connectivity index (χ0n) is 10.8. The minimum absolute atomic E-state index is 0.0905. The standard InChI is InChI=1S/C13H15ClN2O2S/c1-8(2)16-13(18)11(6-15)12(17)4-3-10-5-9(14)7-19-10/h5,7-8,11H,3-4H2,1-2H3,(H,16,18)/t11-/m1/s1. The molecule has 0 aliphatic rings. The van der Waals surface area contributed by atoms with Crippen LogP contribution in [0.3, 0.4) is 0 Å². The van der Waals surface area contributed by atoms with Crippen LogP contribution in [0.15, 0.2) is 11.4 Å². The molecule has 0 aliphatic heterocycles. The van der Waals surface area contributed by atoms with Crippen molar-refractivity contribution in [3.8, 4) is 6.07 Å². The Labute approximate surface area is 121 Å². The molecule has 0 saturated heterocycles. The van der Waals surface area contributed by atoms with E-state index >= 15 is 0 Å². The van der Waals surface area contributed by atoms with Crippen molar-refractivity contribution in [3.63, 3.8) is 0 Å². The van der Waals surface area contributed by atoms with Crippen molar-refractivity contribution in [2.75, 3.05) is 0 Å². The molecule has 0 radical (unpaired) electrons. The summed E-state index contributed by atoms with van der Waals surface area (Å²) in [5.74, 6) is -2.10. The van der Waals surface area contributed by atoms with E-state index in [1.165, 1.54) is 11.3 Å². The monoisotopic (exact) mass is 298 g/mol. The molecule has 1 N–H and O–H groups in total. The predicted octanol–water partition coefficient (Wildman–Crippen LogP) is 2.57. The third kappa shape index (κ3) is 5.01. The predicted molar refractivity (Wildman–Crippen MR) is 75.0 cm³/mol. The number of rotatable bonds is 6. The van der Waals surface area contributed by atoms with Crippen LogP contribution in [0.1, 0.15) is 25.1 Å². The van der Waals surface area contributed by atoms with E-state index in [1.807, 2.05) is 0 Å². The van der Waals surface area contributed by atoms with Crippen molar-refractivity contribution in [1.82, 2.24) is 5.32 Å². The van der Waals surface area contributed by atoms with Gasteiger partial charge in [0, 0.05) is 22.7 Å². The molecule has 1 aromatic heterocycles. The molecule has 19 heavy (non-hydrogen) atoms. The van der Waals surface area contributed by atoms with Gasteiger partial charge in [0.1, 0.15) is 0 Å². The fraction of sp³-hybridized carbons (Fsp3) is 0.462. The fourth-order valence-corrected chi connectivity index (χ4v) is 2.60. The molecule has 1 heterocycles. The SMILES string of the molecule is CC(C)NC(=O)[C@H](C#N)C(=O)CCc1cc(Cl)cs1. The molecule has 102 valence electrons. The van der Waals surface area contributed by atoms with E-state index in [2.05, 4.69) is 5.32 Å². The van der Waals surface area contributed by atoms with E-state index in [4.69, 9.17) is 16.9 Å². The van der Waals surface area contributed by atoms with Crippen LogP contribution >= 0.6 is 22.9 Å². The summed E-state index contributed by atoms with van der Waals surface area (Å²) in [5.41, 5.74) is 0. The van der Waals surface area contributed by atoms with E-state index in [0.29, 0.717) is 11.4 Å². The number of nitriles is 1. The smallest absolute Gasteiger partial charge is 0.245 e. The molecule has 1 aromatic rings. The molecule has 0 bridgehead atoms. The lowest BCUT2D eigenvalue weighted by Gasteiger charge is -2.11. The summed E-state index contributed by atoms with van der Waals surface area (Å²) in [6.07, 6.45) is 0.671. The molecule has 4 nitrogen and oxygen atoms in total. The summed E-state index contributed by atoms with van der Waals surface area (Å²) in [7, 11) is 0. The molecule has 0 aliphatic carbocycles. The maximum Gasteiger partial charge on any atom is 0.245 e. The summed E-state index contributed by atoms with van der Waals surface area (Å²) >= 11 is 7.24. The Bertz CT molecular complexity index is 505. The van der Waals surface area contributed by atoms with Gasteiger partial charge in [-0.1, -0.05) is 11.6 Å². The summed E-state index contributed by atoms with van der Waals surface area (Å²) in [6.45, 7) is 3.56. The topological polar surface area (TPSA) is 70.0 Å². The molecule has 0 spiro atoms. The molecule has 1 atom stereocenters. The first-order valence-corrected chi connectivity index (χ1v) is 7.15. The molecular weight excluding hydrogens is 284 g/mol. The van der Waals surface area contributed by atoms with Crippen molar-refractivity contribution in [1.29, 1.82) is 5.26 Å². The molecule has 1 rings (SSSR count). The number of amides is 1. The van der Waals surface area contributed by atoms with Crippen molar-refractivity contribution in [2.45, 2.75) is 32.7 Å². The van der Waals surface area contributed by atoms with E-state index in [0.717, 1.165) is 4.88 Å². The molecular formula is C13H15ClN2O2S. The van der Waals surface area contributed by atoms with Crippen LogP contribution in [0.2, 0.25) is 5.02 Å². The van der Waals surface area contributed by atoms with Gasteiger partial charge in [-0.3, -0.25) is 9.59 Å². The average Bonchev–Trinajstić information content (AvgIpc) is 2.72. The average molecular weight is 299 g/mol. The number of halogens is 1. The normalized spacial score (nSPS) is 11.9. The number of nitrogens with one attached hydrogen (secondary N) is 1. The minimum Gasteiger partial charge on any atom is -0.352 e. The van der Waals surface area contributed by atoms with Crippen LogP contribution in [0.5, 0.6) is 0 Å². The van der Waals surface area contributed by atoms with Crippen LogP contribution in [-0.4, -0.2) is 17.7 Å². The van der Waals surface area contributed by atoms with Gasteiger partial charge in [-0.2, -0.15) is 5.26 Å². The number of aryl methyl sites for hydroxylation is 1. The van der Waals surface area contributed by atoms with E-state index < -0.39 is 11.8 Å². The van der Waals surface area contributed by atoms with Crippen LogP contribution < -0.4 is 5.32 Å². The first kappa shape index (κ1) is 15.7. The van der Waals surface area contributed by atoms with Gasteiger partial charge < -0.3 is 5.32 Å². The Morgan fingerprint density at radius 3 is 2.68 bits per heavy atom. The highest BCUT2D eigenvalue weighted by Crippen LogP contribution is 2.20. The third-order valence-electron chi connectivity index (χ3n) is 2.38. The number of carbonyl (C=O) groups is 2. The van der Waals surface area contributed by atoms with E-state index in [1.54, 1.807) is 31.4 Å². The maximum atomic E-state index is 11.9. The third-order valence-corrected chi connectivity index (χ3v) is 3.73. The van der Waals surface area contributed by atoms with Crippen molar-refractivity contribution < 1.29 is 9.59 Å². The Morgan fingerprint density at radius 1 is 1.53 bits per heavy atom. The highest BCUT2D eigenvalue weighted by molar-refractivity contribution is 7.10. The number of nitrogens with zero attached hydrogens (tertiary/aromatic N) is 1. The quantitative estimate of drug-likeness (QED) is 0.821. The number of carbonyl (C=O) groups excluding carboxylic acids is 2. The van der Waals surface area contributed by atoms with Gasteiger partial charge >= 0.3 is 0 Å². The van der Waals surface area contributed by atoms with Gasteiger partial charge in [-0.05, 0) is 26.3 Å². The number of hydrogen-bond acceptors (Lipinski definition) is 4. The van der Waals surface area contributed by atoms with Crippen LogP contribution in [0.25, 0.3) is 0 Å². The largest absolute Gasteiger partial charge is 0.352 e. The zero-order chi connectivity index (χ0) is 14.4. The van der Waals surface area contributed by atoms with Gasteiger partial charge in [-0.15, -0.1) is 11.3 Å². The summed E-state index contributed by atoms with van der Waals surface area (Å²) in [6, 6.07) is 3.46. The number of thiophene rings is 1. The maximum absolute atomic E-state index is 11.9. The fourth-order valence-electron chi connectivity index (χ4n) is 1.52. The molecule has 1 amide bonds. The highest BCUT2D eigenvalue weighted by Gasteiger charge is 2.26. The number of Topliss-reactive ketones (excluding diaryl/α,β-unsaturated/α-hetero) is 1. The van der Waals surface area contributed by atoms with Crippen LogP contribution in [0.4, 0.5) is 0 Å². The van der Waals surface area contributed by atoms with E-state index in [9.17, 15) is 9.59 Å². The second-order valence-electron chi connectivity index (χ2n) is 4.42. The van der Waals surface area contributed by atoms with Crippen molar-refractivity contribution in [2.24, 2.45) is 5.92 Å². The summed E-state index contributed by atoms with van der Waals surface area (Å²) in [5, 5.41) is 13.9. The summed E-state index contributed by atoms with van der Waals surface area (Å²) < 4.78 is 0. The van der Waals surface area contributed by atoms with Crippen molar-refractivity contribution in [3.05, 3.63) is 21.3 Å². The molecule has 0 unspecified atom stereocenters. The van der Waals surface area contributed by atoms with E-state index in [-0.39, 0.29) is 18.2 Å².